The van der Waals surface area contributed by atoms with Gasteiger partial charge < -0.3 is 10.4 Å². The quantitative estimate of drug-likeness (QED) is 0.784. The third-order valence-corrected chi connectivity index (χ3v) is 3.67. The van der Waals surface area contributed by atoms with Gasteiger partial charge in [-0.15, -0.1) is 11.8 Å². The molecule has 0 saturated heterocycles. The second kappa shape index (κ2) is 7.04. The van der Waals surface area contributed by atoms with Gasteiger partial charge in [-0.05, 0) is 36.2 Å². The predicted octanol–water partition coefficient (Wildman–Crippen LogP) is 3.90. The summed E-state index contributed by atoms with van der Waals surface area (Å²) in [6.07, 6.45) is 2.99. The minimum atomic E-state index is 0.308. The molecule has 0 unspecified atom stereocenters. The standard InChI is InChI=1S/C15H18N2OS/c1-2-8-16-15-7-6-12(10-17-15)11-19-14-5-3-4-13(18)9-14/h3-7,9-10,18H,2,8,11H2,1H3,(H,16,17). The van der Waals surface area contributed by atoms with E-state index in [2.05, 4.69) is 23.3 Å². The Labute approximate surface area is 118 Å². The van der Waals surface area contributed by atoms with Crippen LogP contribution in [0, 0.1) is 0 Å². The number of pyridine rings is 1. The molecule has 100 valence electrons. The molecule has 0 spiro atoms. The van der Waals surface area contributed by atoms with Crippen LogP contribution < -0.4 is 5.32 Å². The Balaban J connectivity index is 1.89. The first-order valence-corrected chi connectivity index (χ1v) is 7.37. The smallest absolute Gasteiger partial charge is 0.125 e. The van der Waals surface area contributed by atoms with E-state index >= 15 is 0 Å². The molecule has 2 N–H and O–H groups in total. The Bertz CT molecular complexity index is 514. The molecule has 0 aliphatic heterocycles. The van der Waals surface area contributed by atoms with E-state index in [0.717, 1.165) is 29.4 Å². The molecule has 0 aliphatic carbocycles. The molecule has 19 heavy (non-hydrogen) atoms. The van der Waals surface area contributed by atoms with Crippen LogP contribution >= 0.6 is 11.8 Å². The maximum Gasteiger partial charge on any atom is 0.125 e. The van der Waals surface area contributed by atoms with Crippen LogP contribution in [0.1, 0.15) is 18.9 Å². The lowest BCUT2D eigenvalue weighted by molar-refractivity contribution is 0.474. The highest BCUT2D eigenvalue weighted by Gasteiger charge is 1.99. The number of phenols is 1. The van der Waals surface area contributed by atoms with Crippen LogP contribution in [0.4, 0.5) is 5.82 Å². The largest absolute Gasteiger partial charge is 0.508 e. The Hall–Kier alpha value is -1.68. The van der Waals surface area contributed by atoms with Crippen molar-refractivity contribution in [1.82, 2.24) is 4.98 Å². The van der Waals surface area contributed by atoms with Gasteiger partial charge in [-0.25, -0.2) is 4.98 Å². The van der Waals surface area contributed by atoms with Crippen molar-refractivity contribution in [2.75, 3.05) is 11.9 Å². The number of thioether (sulfide) groups is 1. The lowest BCUT2D eigenvalue weighted by Gasteiger charge is -2.05. The second-order valence-electron chi connectivity index (χ2n) is 4.26. The van der Waals surface area contributed by atoms with Gasteiger partial charge in [0.05, 0.1) is 0 Å². The van der Waals surface area contributed by atoms with E-state index in [1.807, 2.05) is 24.4 Å². The number of rotatable bonds is 6. The van der Waals surface area contributed by atoms with Crippen LogP contribution in [0.5, 0.6) is 5.75 Å². The highest BCUT2D eigenvalue weighted by molar-refractivity contribution is 7.98. The summed E-state index contributed by atoms with van der Waals surface area (Å²) < 4.78 is 0. The van der Waals surface area contributed by atoms with E-state index in [4.69, 9.17) is 0 Å². The first-order chi connectivity index (χ1) is 9.28. The lowest BCUT2D eigenvalue weighted by atomic mass is 10.3. The van der Waals surface area contributed by atoms with Gasteiger partial charge in [-0.3, -0.25) is 0 Å². The summed E-state index contributed by atoms with van der Waals surface area (Å²) in [6, 6.07) is 11.4. The zero-order valence-electron chi connectivity index (χ0n) is 11.0. The van der Waals surface area contributed by atoms with Crippen LogP contribution in [-0.2, 0) is 5.75 Å². The van der Waals surface area contributed by atoms with Gasteiger partial charge >= 0.3 is 0 Å². The zero-order valence-corrected chi connectivity index (χ0v) is 11.8. The Morgan fingerprint density at radius 3 is 2.84 bits per heavy atom. The molecule has 0 bridgehead atoms. The number of aromatic hydroxyl groups is 1. The molecule has 0 aliphatic rings. The molecule has 0 amide bonds. The topological polar surface area (TPSA) is 45.1 Å². The summed E-state index contributed by atoms with van der Waals surface area (Å²) in [5.74, 6) is 2.08. The van der Waals surface area contributed by atoms with Gasteiger partial charge in [0.15, 0.2) is 0 Å². The van der Waals surface area contributed by atoms with Gasteiger partial charge in [-0.1, -0.05) is 19.1 Å². The van der Waals surface area contributed by atoms with Crippen molar-refractivity contribution in [1.29, 1.82) is 0 Å². The molecule has 1 aromatic heterocycles. The van der Waals surface area contributed by atoms with Crippen molar-refractivity contribution in [3.8, 4) is 5.75 Å². The maximum absolute atomic E-state index is 9.40. The Kier molecular flexibility index (Phi) is 5.10. The molecule has 4 heteroatoms. The highest BCUT2D eigenvalue weighted by Crippen LogP contribution is 2.25. The molecule has 0 fully saturated rings. The van der Waals surface area contributed by atoms with Crippen molar-refractivity contribution in [3.05, 3.63) is 48.2 Å². The van der Waals surface area contributed by atoms with E-state index < -0.39 is 0 Å². The summed E-state index contributed by atoms with van der Waals surface area (Å²) >= 11 is 1.69. The van der Waals surface area contributed by atoms with Crippen molar-refractivity contribution < 1.29 is 5.11 Å². The minimum absolute atomic E-state index is 0.308. The van der Waals surface area contributed by atoms with Crippen molar-refractivity contribution in [2.24, 2.45) is 0 Å². The van der Waals surface area contributed by atoms with Gasteiger partial charge in [0.2, 0.25) is 0 Å². The third kappa shape index (κ3) is 4.48. The van der Waals surface area contributed by atoms with Crippen LogP contribution in [0.15, 0.2) is 47.5 Å². The number of phenolic OH excluding ortho intramolecular Hbond substituents is 1. The van der Waals surface area contributed by atoms with Gasteiger partial charge in [0.1, 0.15) is 11.6 Å². The number of nitrogens with zero attached hydrogens (tertiary/aromatic N) is 1. The number of hydrogen-bond donors (Lipinski definition) is 2. The van der Waals surface area contributed by atoms with Crippen molar-refractivity contribution in [3.63, 3.8) is 0 Å². The second-order valence-corrected chi connectivity index (χ2v) is 5.31. The first-order valence-electron chi connectivity index (χ1n) is 6.38. The summed E-state index contributed by atoms with van der Waals surface area (Å²) in [6.45, 7) is 3.08. The van der Waals surface area contributed by atoms with Gasteiger partial charge in [-0.2, -0.15) is 0 Å². The summed E-state index contributed by atoms with van der Waals surface area (Å²) in [4.78, 5) is 5.44. The van der Waals surface area contributed by atoms with Crippen molar-refractivity contribution in [2.45, 2.75) is 24.0 Å². The van der Waals surface area contributed by atoms with E-state index in [1.54, 1.807) is 23.9 Å². The molecule has 0 radical (unpaired) electrons. The molecule has 0 atom stereocenters. The van der Waals surface area contributed by atoms with E-state index in [9.17, 15) is 5.11 Å². The number of nitrogens with one attached hydrogen (secondary N) is 1. The highest BCUT2D eigenvalue weighted by atomic mass is 32.2. The number of anilines is 1. The molecule has 2 aromatic rings. The van der Waals surface area contributed by atoms with Crippen LogP contribution in [-0.4, -0.2) is 16.6 Å². The molecule has 2 rings (SSSR count). The molecule has 0 saturated carbocycles. The fraction of sp³-hybridized carbons (Fsp3) is 0.267. The number of benzene rings is 1. The monoisotopic (exact) mass is 274 g/mol. The van der Waals surface area contributed by atoms with Crippen LogP contribution in [0.3, 0.4) is 0 Å². The zero-order chi connectivity index (χ0) is 13.5. The summed E-state index contributed by atoms with van der Waals surface area (Å²) in [7, 11) is 0. The van der Waals surface area contributed by atoms with Crippen LogP contribution in [0.25, 0.3) is 0 Å². The Morgan fingerprint density at radius 1 is 1.26 bits per heavy atom. The van der Waals surface area contributed by atoms with E-state index in [1.165, 1.54) is 5.56 Å². The average molecular weight is 274 g/mol. The molecular formula is C15H18N2OS. The summed E-state index contributed by atoms with van der Waals surface area (Å²) in [5.41, 5.74) is 1.18. The average Bonchev–Trinajstić information content (AvgIpc) is 2.44. The fourth-order valence-corrected chi connectivity index (χ4v) is 2.49. The van der Waals surface area contributed by atoms with Gasteiger partial charge in [0.25, 0.3) is 0 Å². The van der Waals surface area contributed by atoms with Gasteiger partial charge in [0, 0.05) is 23.4 Å². The maximum atomic E-state index is 9.40. The number of hydrogen-bond acceptors (Lipinski definition) is 4. The normalized spacial score (nSPS) is 10.4. The van der Waals surface area contributed by atoms with E-state index in [0.29, 0.717) is 5.75 Å². The molecule has 1 heterocycles. The predicted molar refractivity (Wildman–Crippen MR) is 80.7 cm³/mol. The van der Waals surface area contributed by atoms with Crippen LogP contribution in [0.2, 0.25) is 0 Å². The van der Waals surface area contributed by atoms with E-state index in [-0.39, 0.29) is 0 Å². The molecule has 3 nitrogen and oxygen atoms in total. The fourth-order valence-electron chi connectivity index (χ4n) is 1.61. The molecular weight excluding hydrogens is 256 g/mol. The Morgan fingerprint density at radius 2 is 2.16 bits per heavy atom. The number of aromatic nitrogens is 1. The lowest BCUT2D eigenvalue weighted by Crippen LogP contribution is -2.01. The third-order valence-electron chi connectivity index (χ3n) is 2.60. The SMILES string of the molecule is CCCNc1ccc(CSc2cccc(O)c2)cn1. The van der Waals surface area contributed by atoms with Crippen molar-refractivity contribution >= 4 is 17.6 Å². The molecule has 1 aromatic carbocycles. The minimum Gasteiger partial charge on any atom is -0.508 e. The first kappa shape index (κ1) is 13.7. The summed E-state index contributed by atoms with van der Waals surface area (Å²) in [5, 5.41) is 12.6.